The van der Waals surface area contributed by atoms with Crippen molar-refractivity contribution < 1.29 is 4.79 Å². The number of carbonyl (C=O) groups excluding carboxylic acids is 1. The summed E-state index contributed by atoms with van der Waals surface area (Å²) in [4.78, 5) is 18.9. The zero-order valence-electron chi connectivity index (χ0n) is 12.6. The number of hydrogen-bond donors (Lipinski definition) is 1. The van der Waals surface area contributed by atoms with Crippen molar-refractivity contribution in [3.05, 3.63) is 30.1 Å². The van der Waals surface area contributed by atoms with Gasteiger partial charge in [0.15, 0.2) is 0 Å². The van der Waals surface area contributed by atoms with Crippen molar-refractivity contribution in [2.75, 3.05) is 26.7 Å². The molecule has 4 nitrogen and oxygen atoms in total. The van der Waals surface area contributed by atoms with Gasteiger partial charge in [-0.15, -0.1) is 0 Å². The average Bonchev–Trinajstić information content (AvgIpc) is 2.53. The minimum absolute atomic E-state index is 0.197. The molecule has 1 unspecified atom stereocenters. The molecule has 2 heterocycles. The number of aromatic nitrogens is 1. The summed E-state index contributed by atoms with van der Waals surface area (Å²) >= 11 is 0. The molecule has 1 N–H and O–H groups in total. The van der Waals surface area contributed by atoms with Gasteiger partial charge in [0.25, 0.3) is 0 Å². The molecule has 0 radical (unpaired) electrons. The molecule has 1 aromatic rings. The molecule has 0 saturated carbocycles. The van der Waals surface area contributed by atoms with Gasteiger partial charge in [0.05, 0.1) is 5.41 Å². The first kappa shape index (κ1) is 15.0. The quantitative estimate of drug-likeness (QED) is 0.892. The Bertz CT molecular complexity index is 427. The minimum Gasteiger partial charge on any atom is -0.345 e. The first-order valence-electron chi connectivity index (χ1n) is 7.54. The molecule has 1 atom stereocenters. The van der Waals surface area contributed by atoms with Gasteiger partial charge in [-0.2, -0.15) is 0 Å². The van der Waals surface area contributed by atoms with Gasteiger partial charge in [-0.3, -0.25) is 9.78 Å². The lowest BCUT2D eigenvalue weighted by molar-refractivity contribution is -0.142. The van der Waals surface area contributed by atoms with Gasteiger partial charge in [0, 0.05) is 38.4 Å². The van der Waals surface area contributed by atoms with Crippen LogP contribution in [0.5, 0.6) is 0 Å². The van der Waals surface area contributed by atoms with Crippen molar-refractivity contribution in [1.29, 1.82) is 0 Å². The van der Waals surface area contributed by atoms with Gasteiger partial charge in [-0.05, 0) is 37.9 Å². The van der Waals surface area contributed by atoms with Gasteiger partial charge >= 0.3 is 0 Å². The van der Waals surface area contributed by atoms with Crippen LogP contribution >= 0.6 is 0 Å². The minimum atomic E-state index is -0.197. The Morgan fingerprint density at radius 1 is 1.50 bits per heavy atom. The normalized spacial score (nSPS) is 22.5. The third-order valence-corrected chi connectivity index (χ3v) is 4.38. The lowest BCUT2D eigenvalue weighted by Gasteiger charge is -2.38. The van der Waals surface area contributed by atoms with Gasteiger partial charge in [-0.1, -0.05) is 13.0 Å². The molecule has 1 fully saturated rings. The topological polar surface area (TPSA) is 45.2 Å². The van der Waals surface area contributed by atoms with Gasteiger partial charge in [0.1, 0.15) is 0 Å². The molecular weight excluding hydrogens is 250 g/mol. The van der Waals surface area contributed by atoms with Crippen molar-refractivity contribution in [3.63, 3.8) is 0 Å². The van der Waals surface area contributed by atoms with E-state index < -0.39 is 0 Å². The van der Waals surface area contributed by atoms with E-state index >= 15 is 0 Å². The average molecular weight is 275 g/mol. The van der Waals surface area contributed by atoms with Crippen LogP contribution in [0.15, 0.2) is 24.4 Å². The first-order chi connectivity index (χ1) is 9.68. The first-order valence-corrected chi connectivity index (χ1v) is 7.54. The monoisotopic (exact) mass is 275 g/mol. The van der Waals surface area contributed by atoms with Crippen LogP contribution in [0.2, 0.25) is 0 Å². The van der Waals surface area contributed by atoms with Crippen LogP contribution < -0.4 is 5.32 Å². The maximum absolute atomic E-state index is 12.7. The molecule has 0 aromatic carbocycles. The molecule has 1 saturated heterocycles. The molecule has 20 heavy (non-hydrogen) atoms. The maximum atomic E-state index is 12.7. The second-order valence-corrected chi connectivity index (χ2v) is 5.71. The SMILES string of the molecule is CCC1(C(=O)N(C)CCc2ccccn2)CCCNC1. The predicted octanol–water partition coefficient (Wildman–Crippen LogP) is 1.86. The molecule has 0 aliphatic carbocycles. The molecule has 1 amide bonds. The Hall–Kier alpha value is -1.42. The van der Waals surface area contributed by atoms with Crippen LogP contribution in [0.4, 0.5) is 0 Å². The van der Waals surface area contributed by atoms with E-state index in [-0.39, 0.29) is 11.3 Å². The van der Waals surface area contributed by atoms with E-state index in [1.165, 1.54) is 0 Å². The summed E-state index contributed by atoms with van der Waals surface area (Å²) in [5.41, 5.74) is 0.844. The second kappa shape index (κ2) is 6.84. The number of nitrogens with one attached hydrogen (secondary N) is 1. The predicted molar refractivity (Wildman–Crippen MR) is 80.4 cm³/mol. The van der Waals surface area contributed by atoms with Crippen LogP contribution in [-0.4, -0.2) is 42.5 Å². The zero-order valence-corrected chi connectivity index (χ0v) is 12.6. The van der Waals surface area contributed by atoms with E-state index in [1.54, 1.807) is 6.20 Å². The summed E-state index contributed by atoms with van der Waals surface area (Å²) < 4.78 is 0. The number of likely N-dealkylation sites (N-methyl/N-ethyl adjacent to an activating group) is 1. The number of nitrogens with zero attached hydrogens (tertiary/aromatic N) is 2. The molecule has 0 spiro atoms. The smallest absolute Gasteiger partial charge is 0.229 e. The number of amides is 1. The molecule has 1 aliphatic heterocycles. The fraction of sp³-hybridized carbons (Fsp3) is 0.625. The van der Waals surface area contributed by atoms with E-state index in [9.17, 15) is 4.79 Å². The summed E-state index contributed by atoms with van der Waals surface area (Å²) in [5, 5.41) is 3.38. The lowest BCUT2D eigenvalue weighted by Crippen LogP contribution is -2.51. The number of piperidine rings is 1. The van der Waals surface area contributed by atoms with Gasteiger partial charge in [-0.25, -0.2) is 0 Å². The van der Waals surface area contributed by atoms with E-state index in [2.05, 4.69) is 17.2 Å². The molecule has 110 valence electrons. The maximum Gasteiger partial charge on any atom is 0.229 e. The van der Waals surface area contributed by atoms with Crippen molar-refractivity contribution in [3.8, 4) is 0 Å². The van der Waals surface area contributed by atoms with Crippen LogP contribution in [0.25, 0.3) is 0 Å². The third-order valence-electron chi connectivity index (χ3n) is 4.38. The van der Waals surface area contributed by atoms with Crippen LogP contribution in [0.1, 0.15) is 31.9 Å². The third kappa shape index (κ3) is 3.37. The summed E-state index contributed by atoms with van der Waals surface area (Å²) in [7, 11) is 1.91. The standard InChI is InChI=1S/C16H25N3O/c1-3-16(9-6-10-17-13-16)15(20)19(2)12-8-14-7-4-5-11-18-14/h4-5,7,11,17H,3,6,8-10,12-13H2,1-2H3. The molecular formula is C16H25N3O. The van der Waals surface area contributed by atoms with Crippen molar-refractivity contribution in [2.24, 2.45) is 5.41 Å². The molecule has 2 rings (SSSR count). The van der Waals surface area contributed by atoms with Crippen LogP contribution in [-0.2, 0) is 11.2 Å². The molecule has 0 bridgehead atoms. The number of rotatable bonds is 5. The Morgan fingerprint density at radius 2 is 2.35 bits per heavy atom. The van der Waals surface area contributed by atoms with E-state index in [1.807, 2.05) is 30.1 Å². The largest absolute Gasteiger partial charge is 0.345 e. The van der Waals surface area contributed by atoms with Crippen molar-refractivity contribution >= 4 is 5.91 Å². The van der Waals surface area contributed by atoms with Crippen molar-refractivity contribution in [1.82, 2.24) is 15.2 Å². The van der Waals surface area contributed by atoms with Gasteiger partial charge in [0.2, 0.25) is 5.91 Å². The van der Waals surface area contributed by atoms with Crippen LogP contribution in [0, 0.1) is 5.41 Å². The van der Waals surface area contributed by atoms with Crippen molar-refractivity contribution in [2.45, 2.75) is 32.6 Å². The summed E-state index contributed by atoms with van der Waals surface area (Å²) in [6.45, 7) is 4.71. The lowest BCUT2D eigenvalue weighted by atomic mass is 9.77. The Kier molecular flexibility index (Phi) is 5.12. The molecule has 1 aromatic heterocycles. The summed E-state index contributed by atoms with van der Waals surface area (Å²) in [6.07, 6.45) is 5.62. The van der Waals surface area contributed by atoms with Gasteiger partial charge < -0.3 is 10.2 Å². The van der Waals surface area contributed by atoms with E-state index in [0.29, 0.717) is 0 Å². The van der Waals surface area contributed by atoms with Crippen LogP contribution in [0.3, 0.4) is 0 Å². The fourth-order valence-electron chi connectivity index (χ4n) is 2.94. The number of carbonyl (C=O) groups is 1. The number of pyridine rings is 1. The molecule has 1 aliphatic rings. The second-order valence-electron chi connectivity index (χ2n) is 5.71. The highest BCUT2D eigenvalue weighted by Gasteiger charge is 2.39. The number of hydrogen-bond acceptors (Lipinski definition) is 3. The highest BCUT2D eigenvalue weighted by Crippen LogP contribution is 2.32. The highest BCUT2D eigenvalue weighted by atomic mass is 16.2. The summed E-state index contributed by atoms with van der Waals surface area (Å²) in [6, 6.07) is 5.91. The Morgan fingerprint density at radius 3 is 2.95 bits per heavy atom. The van der Waals surface area contributed by atoms with E-state index in [4.69, 9.17) is 0 Å². The summed E-state index contributed by atoms with van der Waals surface area (Å²) in [5.74, 6) is 0.281. The fourth-order valence-corrected chi connectivity index (χ4v) is 2.94. The highest BCUT2D eigenvalue weighted by molar-refractivity contribution is 5.83. The zero-order chi connectivity index (χ0) is 14.4. The Labute approximate surface area is 121 Å². The molecule has 4 heteroatoms. The Balaban J connectivity index is 1.93. The van der Waals surface area contributed by atoms with E-state index in [0.717, 1.165) is 51.0 Å².